The van der Waals surface area contributed by atoms with Gasteiger partial charge in [0.25, 0.3) is 0 Å². The average Bonchev–Trinajstić information content (AvgIpc) is 2.70. The first-order chi connectivity index (χ1) is 7.36. The molecule has 1 heterocycles. The van der Waals surface area contributed by atoms with E-state index in [1.165, 1.54) is 17.7 Å². The van der Waals surface area contributed by atoms with Crippen molar-refractivity contribution in [3.8, 4) is 0 Å². The third-order valence-electron chi connectivity index (χ3n) is 3.20. The van der Waals surface area contributed by atoms with Crippen molar-refractivity contribution in [3.63, 3.8) is 0 Å². The molecule has 0 spiro atoms. The van der Waals surface area contributed by atoms with Crippen LogP contribution in [-0.2, 0) is 11.2 Å². The molecule has 0 aromatic carbocycles. The van der Waals surface area contributed by atoms with Gasteiger partial charge < -0.3 is 10.1 Å². The van der Waals surface area contributed by atoms with Crippen molar-refractivity contribution >= 4 is 0 Å². The molecule has 1 aliphatic rings. The summed E-state index contributed by atoms with van der Waals surface area (Å²) < 4.78 is 5.23. The second-order valence-electron chi connectivity index (χ2n) is 4.04. The third-order valence-corrected chi connectivity index (χ3v) is 3.20. The summed E-state index contributed by atoms with van der Waals surface area (Å²) in [6, 6.07) is 4.58. The first kappa shape index (κ1) is 10.6. The number of rotatable bonds is 4. The summed E-state index contributed by atoms with van der Waals surface area (Å²) >= 11 is 0. The summed E-state index contributed by atoms with van der Waals surface area (Å²) in [5, 5.41) is 3.32. The van der Waals surface area contributed by atoms with Gasteiger partial charge in [-0.15, -0.1) is 0 Å². The van der Waals surface area contributed by atoms with Gasteiger partial charge >= 0.3 is 0 Å². The zero-order valence-electron chi connectivity index (χ0n) is 9.36. The van der Waals surface area contributed by atoms with E-state index in [-0.39, 0.29) is 0 Å². The van der Waals surface area contributed by atoms with Crippen molar-refractivity contribution in [3.05, 3.63) is 29.6 Å². The van der Waals surface area contributed by atoms with Gasteiger partial charge in [0.05, 0.1) is 6.61 Å². The standard InChI is InChI=1S/C12H18N2O/c1-13-11(8-15-2)10-6-5-9-4-3-7-14-12(9)10/h3-4,7,10-11,13H,5-6,8H2,1-2H3. The number of likely N-dealkylation sites (N-methyl/N-ethyl adjacent to an activating group) is 1. The molecular weight excluding hydrogens is 188 g/mol. The fraction of sp³-hybridized carbons (Fsp3) is 0.583. The lowest BCUT2D eigenvalue weighted by Crippen LogP contribution is -2.35. The lowest BCUT2D eigenvalue weighted by molar-refractivity contribution is 0.157. The molecule has 1 N–H and O–H groups in total. The molecule has 2 unspecified atom stereocenters. The molecule has 82 valence electrons. The number of methoxy groups -OCH3 is 1. The van der Waals surface area contributed by atoms with E-state index in [0.717, 1.165) is 13.0 Å². The maximum Gasteiger partial charge on any atom is 0.0622 e. The topological polar surface area (TPSA) is 34.1 Å². The predicted molar refractivity (Wildman–Crippen MR) is 60.0 cm³/mol. The normalized spacial score (nSPS) is 21.3. The monoisotopic (exact) mass is 206 g/mol. The highest BCUT2D eigenvalue weighted by molar-refractivity contribution is 5.29. The Kier molecular flexibility index (Phi) is 3.34. The van der Waals surface area contributed by atoms with Crippen LogP contribution in [0.25, 0.3) is 0 Å². The van der Waals surface area contributed by atoms with Gasteiger partial charge in [0.15, 0.2) is 0 Å². The van der Waals surface area contributed by atoms with Gasteiger partial charge in [0.2, 0.25) is 0 Å². The number of hydrogen-bond acceptors (Lipinski definition) is 3. The molecule has 0 saturated heterocycles. The van der Waals surface area contributed by atoms with Crippen molar-refractivity contribution in [2.75, 3.05) is 20.8 Å². The van der Waals surface area contributed by atoms with E-state index < -0.39 is 0 Å². The van der Waals surface area contributed by atoms with Crippen molar-refractivity contribution < 1.29 is 4.74 Å². The fourth-order valence-electron chi connectivity index (χ4n) is 2.42. The van der Waals surface area contributed by atoms with Crippen LogP contribution in [0.3, 0.4) is 0 Å². The van der Waals surface area contributed by atoms with E-state index in [0.29, 0.717) is 12.0 Å². The number of pyridine rings is 1. The summed E-state index contributed by atoms with van der Waals surface area (Å²) in [5.41, 5.74) is 2.66. The van der Waals surface area contributed by atoms with Crippen LogP contribution in [0.1, 0.15) is 23.6 Å². The van der Waals surface area contributed by atoms with Gasteiger partial charge in [-0.2, -0.15) is 0 Å². The Labute approximate surface area is 90.9 Å². The maximum atomic E-state index is 5.23. The quantitative estimate of drug-likeness (QED) is 0.807. The Hall–Kier alpha value is -0.930. The van der Waals surface area contributed by atoms with Gasteiger partial charge in [-0.3, -0.25) is 4.98 Å². The second kappa shape index (κ2) is 4.73. The van der Waals surface area contributed by atoms with Gasteiger partial charge in [0, 0.05) is 31.0 Å². The van der Waals surface area contributed by atoms with E-state index >= 15 is 0 Å². The maximum absolute atomic E-state index is 5.23. The second-order valence-corrected chi connectivity index (χ2v) is 4.04. The van der Waals surface area contributed by atoms with Gasteiger partial charge in [-0.05, 0) is 31.5 Å². The van der Waals surface area contributed by atoms with Crippen LogP contribution < -0.4 is 5.32 Å². The van der Waals surface area contributed by atoms with Gasteiger partial charge in [-0.25, -0.2) is 0 Å². The number of aryl methyl sites for hydroxylation is 1. The molecule has 1 aromatic rings. The van der Waals surface area contributed by atoms with Crippen molar-refractivity contribution in [1.29, 1.82) is 0 Å². The van der Waals surface area contributed by atoms with Gasteiger partial charge in [0.1, 0.15) is 0 Å². The van der Waals surface area contributed by atoms with Crippen LogP contribution in [0.4, 0.5) is 0 Å². The minimum Gasteiger partial charge on any atom is -0.383 e. The van der Waals surface area contributed by atoms with Crippen LogP contribution in [0.5, 0.6) is 0 Å². The molecule has 0 bridgehead atoms. The molecule has 0 fully saturated rings. The van der Waals surface area contributed by atoms with E-state index in [1.54, 1.807) is 7.11 Å². The van der Waals surface area contributed by atoms with Crippen molar-refractivity contribution in [2.24, 2.45) is 0 Å². The van der Waals surface area contributed by atoms with Crippen molar-refractivity contribution in [1.82, 2.24) is 10.3 Å². The lowest BCUT2D eigenvalue weighted by Gasteiger charge is -2.22. The fourth-order valence-corrected chi connectivity index (χ4v) is 2.42. The predicted octanol–water partition coefficient (Wildman–Crippen LogP) is 1.35. The van der Waals surface area contributed by atoms with Crippen LogP contribution in [0.2, 0.25) is 0 Å². The Morgan fingerprint density at radius 2 is 2.53 bits per heavy atom. The number of ether oxygens (including phenoxy) is 1. The molecule has 0 radical (unpaired) electrons. The molecule has 2 rings (SSSR count). The molecule has 1 aliphatic carbocycles. The average molecular weight is 206 g/mol. The minimum atomic E-state index is 0.381. The van der Waals surface area contributed by atoms with E-state index in [1.807, 2.05) is 19.3 Å². The molecule has 3 heteroatoms. The molecule has 2 atom stereocenters. The lowest BCUT2D eigenvalue weighted by atomic mass is 9.97. The molecule has 0 saturated carbocycles. The molecule has 3 nitrogen and oxygen atoms in total. The van der Waals surface area contributed by atoms with Crippen LogP contribution in [0.15, 0.2) is 18.3 Å². The third kappa shape index (κ3) is 2.03. The molecule has 0 aliphatic heterocycles. The molecule has 15 heavy (non-hydrogen) atoms. The first-order valence-electron chi connectivity index (χ1n) is 5.46. The van der Waals surface area contributed by atoms with Gasteiger partial charge in [-0.1, -0.05) is 6.07 Å². The summed E-state index contributed by atoms with van der Waals surface area (Å²) in [4.78, 5) is 4.50. The highest BCUT2D eigenvalue weighted by Gasteiger charge is 2.29. The molecule has 1 aromatic heterocycles. The van der Waals surface area contributed by atoms with E-state index in [9.17, 15) is 0 Å². The zero-order chi connectivity index (χ0) is 10.7. The summed E-state index contributed by atoms with van der Waals surface area (Å²) in [6.07, 6.45) is 4.22. The number of nitrogens with one attached hydrogen (secondary N) is 1. The summed E-state index contributed by atoms with van der Waals surface area (Å²) in [6.45, 7) is 0.747. The smallest absolute Gasteiger partial charge is 0.0622 e. The highest BCUT2D eigenvalue weighted by Crippen LogP contribution is 2.33. The van der Waals surface area contributed by atoms with Crippen LogP contribution in [-0.4, -0.2) is 31.8 Å². The van der Waals surface area contributed by atoms with E-state index in [2.05, 4.69) is 16.4 Å². The summed E-state index contributed by atoms with van der Waals surface area (Å²) in [5.74, 6) is 0.506. The van der Waals surface area contributed by atoms with Crippen LogP contribution in [0, 0.1) is 0 Å². The molecular formula is C12H18N2O. The van der Waals surface area contributed by atoms with E-state index in [4.69, 9.17) is 4.74 Å². The first-order valence-corrected chi connectivity index (χ1v) is 5.46. The zero-order valence-corrected chi connectivity index (χ0v) is 9.36. The number of aromatic nitrogens is 1. The van der Waals surface area contributed by atoms with Crippen LogP contribution >= 0.6 is 0 Å². The Balaban J connectivity index is 2.18. The van der Waals surface area contributed by atoms with Crippen molar-refractivity contribution in [2.45, 2.75) is 24.8 Å². The summed E-state index contributed by atoms with van der Waals surface area (Å²) in [7, 11) is 3.74. The minimum absolute atomic E-state index is 0.381. The number of nitrogens with zero attached hydrogens (tertiary/aromatic N) is 1. The molecule has 0 amide bonds. The Morgan fingerprint density at radius 3 is 3.27 bits per heavy atom. The highest BCUT2D eigenvalue weighted by atomic mass is 16.5. The SMILES string of the molecule is CNC(COC)C1CCc2cccnc21. The number of hydrogen-bond donors (Lipinski definition) is 1. The Morgan fingerprint density at radius 1 is 1.67 bits per heavy atom. The largest absolute Gasteiger partial charge is 0.383 e. The Bertz CT molecular complexity index is 327. The number of fused-ring (bicyclic) bond motifs is 1.